The average Bonchev–Trinajstić information content (AvgIpc) is 2.99. The highest BCUT2D eigenvalue weighted by Crippen LogP contribution is 2.30. The fourth-order valence-electron chi connectivity index (χ4n) is 3.45. The van der Waals surface area contributed by atoms with E-state index in [1.54, 1.807) is 11.1 Å². The van der Waals surface area contributed by atoms with Crippen LogP contribution in [-0.4, -0.2) is 45.0 Å². The number of rotatable bonds is 2. The maximum atomic E-state index is 12.4. The zero-order chi connectivity index (χ0) is 15.5. The smallest absolute Gasteiger partial charge is 0.323 e. The first-order valence-corrected chi connectivity index (χ1v) is 8.42. The van der Waals surface area contributed by atoms with Crippen molar-refractivity contribution in [2.75, 3.05) is 18.4 Å². The number of piperidine rings is 1. The van der Waals surface area contributed by atoms with Gasteiger partial charge in [-0.3, -0.25) is 5.32 Å². The van der Waals surface area contributed by atoms with Gasteiger partial charge in [0.1, 0.15) is 5.82 Å². The second-order valence-corrected chi connectivity index (χ2v) is 6.66. The number of aliphatic hydroxyl groups excluding tert-OH is 1. The zero-order valence-corrected chi connectivity index (χ0v) is 13.2. The maximum absolute atomic E-state index is 12.4. The Morgan fingerprint density at radius 1 is 1.32 bits per heavy atom. The van der Waals surface area contributed by atoms with Crippen molar-refractivity contribution in [2.45, 2.75) is 57.6 Å². The SMILES string of the molecule is CC1CCN(C(=O)Nc2ccnn2C2CCCCC2)CC1O. The van der Waals surface area contributed by atoms with Crippen molar-refractivity contribution >= 4 is 11.8 Å². The largest absolute Gasteiger partial charge is 0.391 e. The van der Waals surface area contributed by atoms with Crippen LogP contribution in [-0.2, 0) is 0 Å². The Bertz CT molecular complexity index is 510. The molecule has 2 heterocycles. The van der Waals surface area contributed by atoms with Gasteiger partial charge in [-0.05, 0) is 25.2 Å². The number of amides is 2. The molecule has 1 saturated heterocycles. The van der Waals surface area contributed by atoms with Crippen LogP contribution in [0.15, 0.2) is 12.3 Å². The predicted molar refractivity (Wildman–Crippen MR) is 84.7 cm³/mol. The summed E-state index contributed by atoms with van der Waals surface area (Å²) in [5.41, 5.74) is 0. The highest BCUT2D eigenvalue weighted by atomic mass is 16.3. The van der Waals surface area contributed by atoms with Crippen LogP contribution < -0.4 is 5.32 Å². The van der Waals surface area contributed by atoms with Crippen molar-refractivity contribution in [1.82, 2.24) is 14.7 Å². The molecule has 0 bridgehead atoms. The number of urea groups is 1. The summed E-state index contributed by atoms with van der Waals surface area (Å²) >= 11 is 0. The van der Waals surface area contributed by atoms with Crippen LogP contribution in [0.2, 0.25) is 0 Å². The molecule has 2 aliphatic rings. The number of anilines is 1. The van der Waals surface area contributed by atoms with Gasteiger partial charge in [-0.15, -0.1) is 0 Å². The van der Waals surface area contributed by atoms with Gasteiger partial charge in [0, 0.05) is 19.2 Å². The van der Waals surface area contributed by atoms with Crippen LogP contribution in [0.4, 0.5) is 10.6 Å². The summed E-state index contributed by atoms with van der Waals surface area (Å²) in [6.45, 7) is 3.13. The van der Waals surface area contributed by atoms with Gasteiger partial charge in [-0.25, -0.2) is 9.48 Å². The van der Waals surface area contributed by atoms with Gasteiger partial charge < -0.3 is 10.0 Å². The standard InChI is InChI=1S/C16H26N4O2/c1-12-8-10-19(11-14(12)21)16(22)18-15-7-9-17-20(15)13-5-3-2-4-6-13/h7,9,12-14,21H,2-6,8,10-11H2,1H3,(H,18,22). The Kier molecular flexibility index (Phi) is 4.66. The lowest BCUT2D eigenvalue weighted by Gasteiger charge is -2.34. The molecule has 2 fully saturated rings. The van der Waals surface area contributed by atoms with Gasteiger partial charge in [0.25, 0.3) is 0 Å². The van der Waals surface area contributed by atoms with E-state index in [2.05, 4.69) is 10.4 Å². The number of hydrogen-bond acceptors (Lipinski definition) is 3. The van der Waals surface area contributed by atoms with Crippen LogP contribution >= 0.6 is 0 Å². The van der Waals surface area contributed by atoms with Crippen molar-refractivity contribution < 1.29 is 9.90 Å². The van der Waals surface area contributed by atoms with Crippen LogP contribution in [0.1, 0.15) is 51.5 Å². The lowest BCUT2D eigenvalue weighted by Crippen LogP contribution is -2.47. The van der Waals surface area contributed by atoms with E-state index in [9.17, 15) is 9.90 Å². The van der Waals surface area contributed by atoms with E-state index in [0.717, 1.165) is 25.1 Å². The molecule has 122 valence electrons. The van der Waals surface area contributed by atoms with E-state index in [1.807, 2.05) is 17.7 Å². The van der Waals surface area contributed by atoms with Crippen molar-refractivity contribution in [3.63, 3.8) is 0 Å². The Labute approximate surface area is 131 Å². The number of β-amino-alcohol motifs (C(OH)–C–C–N with tert-alkyl or cyclic N) is 1. The molecule has 6 heteroatoms. The molecule has 2 amide bonds. The summed E-state index contributed by atoms with van der Waals surface area (Å²) in [6, 6.07) is 2.12. The average molecular weight is 306 g/mol. The number of nitrogens with one attached hydrogen (secondary N) is 1. The fourth-order valence-corrected chi connectivity index (χ4v) is 3.45. The van der Waals surface area contributed by atoms with Gasteiger partial charge in [-0.1, -0.05) is 26.2 Å². The lowest BCUT2D eigenvalue weighted by molar-refractivity contribution is 0.0463. The van der Waals surface area contributed by atoms with E-state index >= 15 is 0 Å². The molecule has 1 saturated carbocycles. The van der Waals surface area contributed by atoms with Crippen LogP contribution in [0.5, 0.6) is 0 Å². The van der Waals surface area contributed by atoms with Gasteiger partial charge in [0.05, 0.1) is 18.3 Å². The van der Waals surface area contributed by atoms with Crippen LogP contribution in [0.25, 0.3) is 0 Å². The highest BCUT2D eigenvalue weighted by Gasteiger charge is 2.28. The summed E-state index contributed by atoms with van der Waals surface area (Å²) in [6.07, 6.45) is 8.18. The molecule has 22 heavy (non-hydrogen) atoms. The number of hydrogen-bond donors (Lipinski definition) is 2. The Morgan fingerprint density at radius 3 is 2.82 bits per heavy atom. The molecule has 0 radical (unpaired) electrons. The van der Waals surface area contributed by atoms with Crippen LogP contribution in [0, 0.1) is 5.92 Å². The summed E-state index contributed by atoms with van der Waals surface area (Å²) < 4.78 is 1.96. The molecule has 2 atom stereocenters. The number of carbonyl (C=O) groups excluding carboxylic acids is 1. The fraction of sp³-hybridized carbons (Fsp3) is 0.750. The first-order valence-electron chi connectivity index (χ1n) is 8.42. The van der Waals surface area contributed by atoms with Gasteiger partial charge in [0.15, 0.2) is 0 Å². The Hall–Kier alpha value is -1.56. The molecule has 1 aliphatic carbocycles. The third kappa shape index (κ3) is 3.27. The van der Waals surface area contributed by atoms with E-state index in [4.69, 9.17) is 0 Å². The molecule has 0 spiro atoms. The second-order valence-electron chi connectivity index (χ2n) is 6.66. The molecule has 1 aliphatic heterocycles. The normalized spacial score (nSPS) is 26.9. The minimum Gasteiger partial charge on any atom is -0.391 e. The van der Waals surface area contributed by atoms with Crippen LogP contribution in [0.3, 0.4) is 0 Å². The highest BCUT2D eigenvalue weighted by molar-refractivity contribution is 5.88. The third-order valence-corrected chi connectivity index (χ3v) is 5.03. The molecule has 0 aromatic carbocycles. The molecule has 2 unspecified atom stereocenters. The summed E-state index contributed by atoms with van der Waals surface area (Å²) in [7, 11) is 0. The quantitative estimate of drug-likeness (QED) is 0.882. The predicted octanol–water partition coefficient (Wildman–Crippen LogP) is 2.62. The van der Waals surface area contributed by atoms with Gasteiger partial charge in [0.2, 0.25) is 0 Å². The van der Waals surface area contributed by atoms with E-state index in [1.165, 1.54) is 19.3 Å². The first-order chi connectivity index (χ1) is 10.6. The number of nitrogens with zero attached hydrogens (tertiary/aromatic N) is 3. The Balaban J connectivity index is 1.63. The zero-order valence-electron chi connectivity index (χ0n) is 13.2. The van der Waals surface area contributed by atoms with Gasteiger partial charge >= 0.3 is 6.03 Å². The number of carbonyl (C=O) groups is 1. The van der Waals surface area contributed by atoms with Crippen molar-refractivity contribution in [3.05, 3.63) is 12.3 Å². The van der Waals surface area contributed by atoms with Crippen molar-refractivity contribution in [1.29, 1.82) is 0 Å². The number of likely N-dealkylation sites (tertiary alicyclic amines) is 1. The molecular formula is C16H26N4O2. The minimum atomic E-state index is -0.428. The maximum Gasteiger partial charge on any atom is 0.323 e. The lowest BCUT2D eigenvalue weighted by atomic mass is 9.96. The van der Waals surface area contributed by atoms with Crippen molar-refractivity contribution in [3.8, 4) is 0 Å². The summed E-state index contributed by atoms with van der Waals surface area (Å²) in [5.74, 6) is 1.03. The topological polar surface area (TPSA) is 70.4 Å². The van der Waals surface area contributed by atoms with Crippen molar-refractivity contribution in [2.24, 2.45) is 5.92 Å². The van der Waals surface area contributed by atoms with Gasteiger partial charge in [-0.2, -0.15) is 5.10 Å². The number of aromatic nitrogens is 2. The second kappa shape index (κ2) is 6.69. The monoisotopic (exact) mass is 306 g/mol. The van der Waals surface area contributed by atoms with E-state index < -0.39 is 6.10 Å². The molecule has 1 aromatic heterocycles. The third-order valence-electron chi connectivity index (χ3n) is 5.03. The molecular weight excluding hydrogens is 280 g/mol. The molecule has 6 nitrogen and oxygen atoms in total. The Morgan fingerprint density at radius 2 is 2.09 bits per heavy atom. The molecule has 1 aromatic rings. The first kappa shape index (κ1) is 15.3. The molecule has 2 N–H and O–H groups in total. The molecule has 3 rings (SSSR count). The number of aliphatic hydroxyl groups is 1. The minimum absolute atomic E-state index is 0.136. The summed E-state index contributed by atoms with van der Waals surface area (Å²) in [4.78, 5) is 14.1. The van der Waals surface area contributed by atoms with E-state index in [-0.39, 0.29) is 11.9 Å². The summed E-state index contributed by atoms with van der Waals surface area (Å²) in [5, 5.41) is 17.3. The van der Waals surface area contributed by atoms with E-state index in [0.29, 0.717) is 19.1 Å².